The molecule has 0 radical (unpaired) electrons. The first-order chi connectivity index (χ1) is 8.66. The Hall–Kier alpha value is -0.600. The fourth-order valence-electron chi connectivity index (χ4n) is 2.75. The van der Waals surface area contributed by atoms with E-state index >= 15 is 0 Å². The first-order valence-electron chi connectivity index (χ1n) is 6.84. The predicted octanol–water partition coefficient (Wildman–Crippen LogP) is 4.54. The van der Waals surface area contributed by atoms with Crippen molar-refractivity contribution >= 4 is 11.6 Å². The summed E-state index contributed by atoms with van der Waals surface area (Å²) in [6.45, 7) is 2.87. The fourth-order valence-corrected chi connectivity index (χ4v) is 2.93. The number of rotatable bonds is 4. The molecule has 0 amide bonds. The smallest absolute Gasteiger partial charge is 0.123 e. The van der Waals surface area contributed by atoms with Crippen molar-refractivity contribution in [1.29, 1.82) is 0 Å². The molecule has 0 saturated heterocycles. The summed E-state index contributed by atoms with van der Waals surface area (Å²) in [5, 5.41) is 4.12. The van der Waals surface area contributed by atoms with Crippen LogP contribution in [0.2, 0.25) is 5.02 Å². The normalized spacial score (nSPS) is 18.8. The summed E-state index contributed by atoms with van der Waals surface area (Å²) in [5.74, 6) is 0.535. The van der Waals surface area contributed by atoms with Gasteiger partial charge in [0.25, 0.3) is 0 Å². The third-order valence-electron chi connectivity index (χ3n) is 3.98. The molecule has 1 aromatic carbocycles. The van der Waals surface area contributed by atoms with Crippen molar-refractivity contribution in [3.05, 3.63) is 34.6 Å². The second-order valence-corrected chi connectivity index (χ2v) is 5.71. The topological polar surface area (TPSA) is 12.0 Å². The molecule has 1 atom stereocenters. The van der Waals surface area contributed by atoms with Crippen molar-refractivity contribution in [3.63, 3.8) is 0 Å². The van der Waals surface area contributed by atoms with Gasteiger partial charge in [-0.25, -0.2) is 4.39 Å². The van der Waals surface area contributed by atoms with Gasteiger partial charge in [0.2, 0.25) is 0 Å². The van der Waals surface area contributed by atoms with Gasteiger partial charge in [-0.05, 0) is 49.4 Å². The van der Waals surface area contributed by atoms with Crippen LogP contribution in [0.5, 0.6) is 0 Å². The maximum Gasteiger partial charge on any atom is 0.123 e. The zero-order valence-electron chi connectivity index (χ0n) is 10.9. The van der Waals surface area contributed by atoms with E-state index in [2.05, 4.69) is 12.2 Å². The maximum absolute atomic E-state index is 13.1. The highest BCUT2D eigenvalue weighted by Gasteiger charge is 2.19. The fraction of sp³-hybridized carbons (Fsp3) is 0.600. The molecular weight excluding hydrogens is 249 g/mol. The number of hydrogen-bond acceptors (Lipinski definition) is 1. The van der Waals surface area contributed by atoms with Crippen molar-refractivity contribution < 1.29 is 4.39 Å². The highest BCUT2D eigenvalue weighted by Crippen LogP contribution is 2.26. The molecule has 1 aliphatic carbocycles. The van der Waals surface area contributed by atoms with Gasteiger partial charge >= 0.3 is 0 Å². The van der Waals surface area contributed by atoms with E-state index in [4.69, 9.17) is 11.6 Å². The number of nitrogens with one attached hydrogen (secondary N) is 1. The Morgan fingerprint density at radius 1 is 1.33 bits per heavy atom. The van der Waals surface area contributed by atoms with Crippen molar-refractivity contribution in [2.24, 2.45) is 5.92 Å². The Labute approximate surface area is 114 Å². The first-order valence-corrected chi connectivity index (χ1v) is 7.22. The van der Waals surface area contributed by atoms with Crippen LogP contribution in [0.15, 0.2) is 18.2 Å². The zero-order chi connectivity index (χ0) is 13.0. The van der Waals surface area contributed by atoms with E-state index in [0.717, 1.165) is 11.5 Å². The van der Waals surface area contributed by atoms with Crippen molar-refractivity contribution in [3.8, 4) is 0 Å². The molecule has 3 heteroatoms. The van der Waals surface area contributed by atoms with E-state index in [-0.39, 0.29) is 5.82 Å². The van der Waals surface area contributed by atoms with Crippen molar-refractivity contribution in [1.82, 2.24) is 5.32 Å². The van der Waals surface area contributed by atoms with Gasteiger partial charge in [0.1, 0.15) is 5.82 Å². The van der Waals surface area contributed by atoms with Crippen molar-refractivity contribution in [2.75, 3.05) is 0 Å². The van der Waals surface area contributed by atoms with E-state index in [9.17, 15) is 4.39 Å². The SMILES string of the molecule is CC(NCc1cc(F)ccc1Cl)C1CCCCC1. The lowest BCUT2D eigenvalue weighted by Crippen LogP contribution is -2.34. The molecule has 1 saturated carbocycles. The molecule has 2 rings (SSSR count). The standard InChI is InChI=1S/C15H21ClFN/c1-11(12-5-3-2-4-6-12)18-10-13-9-14(17)7-8-15(13)16/h7-9,11-12,18H,2-6,10H2,1H3. The molecular formula is C15H21ClFN. The van der Waals surface area contributed by atoms with Crippen LogP contribution in [-0.4, -0.2) is 6.04 Å². The molecule has 0 spiro atoms. The molecule has 1 nitrogen and oxygen atoms in total. The van der Waals surface area contributed by atoms with Gasteiger partial charge in [0.15, 0.2) is 0 Å². The lowest BCUT2D eigenvalue weighted by Gasteiger charge is -2.28. The van der Waals surface area contributed by atoms with Crippen LogP contribution in [0.1, 0.15) is 44.6 Å². The summed E-state index contributed by atoms with van der Waals surface area (Å²) in [6.07, 6.45) is 6.68. The Morgan fingerprint density at radius 3 is 2.78 bits per heavy atom. The van der Waals surface area contributed by atoms with Gasteiger partial charge in [-0.15, -0.1) is 0 Å². The second kappa shape index (κ2) is 6.53. The van der Waals surface area contributed by atoms with Gasteiger partial charge < -0.3 is 5.32 Å². The molecule has 0 heterocycles. The van der Waals surface area contributed by atoms with Crippen LogP contribution in [0.25, 0.3) is 0 Å². The molecule has 1 aromatic rings. The summed E-state index contributed by atoms with van der Waals surface area (Å²) in [5.41, 5.74) is 0.847. The second-order valence-electron chi connectivity index (χ2n) is 5.30. The van der Waals surface area contributed by atoms with Gasteiger partial charge in [0, 0.05) is 17.6 Å². The lowest BCUT2D eigenvalue weighted by molar-refractivity contribution is 0.280. The highest BCUT2D eigenvalue weighted by molar-refractivity contribution is 6.31. The Morgan fingerprint density at radius 2 is 2.06 bits per heavy atom. The average molecular weight is 270 g/mol. The van der Waals surface area contributed by atoms with Gasteiger partial charge in [-0.2, -0.15) is 0 Å². The quantitative estimate of drug-likeness (QED) is 0.846. The van der Waals surface area contributed by atoms with Crippen LogP contribution in [0, 0.1) is 11.7 Å². The Balaban J connectivity index is 1.88. The van der Waals surface area contributed by atoms with Gasteiger partial charge in [0.05, 0.1) is 0 Å². The number of benzene rings is 1. The van der Waals surface area contributed by atoms with Crippen LogP contribution >= 0.6 is 11.6 Å². The summed E-state index contributed by atoms with van der Waals surface area (Å²) >= 11 is 6.06. The third kappa shape index (κ3) is 3.69. The van der Waals surface area contributed by atoms with Crippen LogP contribution in [-0.2, 0) is 6.54 Å². The van der Waals surface area contributed by atoms with E-state index in [0.29, 0.717) is 17.6 Å². The molecule has 1 unspecified atom stereocenters. The van der Waals surface area contributed by atoms with E-state index in [1.54, 1.807) is 6.07 Å². The number of halogens is 2. The minimum absolute atomic E-state index is 0.221. The molecule has 0 aliphatic heterocycles. The average Bonchev–Trinajstić information content (AvgIpc) is 2.40. The maximum atomic E-state index is 13.1. The first kappa shape index (κ1) is 13.8. The highest BCUT2D eigenvalue weighted by atomic mass is 35.5. The Bertz CT molecular complexity index is 388. The van der Waals surface area contributed by atoms with Crippen molar-refractivity contribution in [2.45, 2.75) is 51.6 Å². The van der Waals surface area contributed by atoms with Gasteiger partial charge in [-0.1, -0.05) is 30.9 Å². The lowest BCUT2D eigenvalue weighted by atomic mass is 9.84. The van der Waals surface area contributed by atoms with E-state index in [1.165, 1.54) is 44.2 Å². The molecule has 100 valence electrons. The van der Waals surface area contributed by atoms with Crippen LogP contribution in [0.4, 0.5) is 4.39 Å². The molecule has 0 bridgehead atoms. The minimum atomic E-state index is -0.221. The molecule has 18 heavy (non-hydrogen) atoms. The van der Waals surface area contributed by atoms with Crippen LogP contribution in [0.3, 0.4) is 0 Å². The van der Waals surface area contributed by atoms with E-state index < -0.39 is 0 Å². The predicted molar refractivity (Wildman–Crippen MR) is 74.3 cm³/mol. The molecule has 0 aromatic heterocycles. The minimum Gasteiger partial charge on any atom is -0.310 e. The number of hydrogen-bond donors (Lipinski definition) is 1. The molecule has 1 N–H and O–H groups in total. The summed E-state index contributed by atoms with van der Waals surface area (Å²) in [4.78, 5) is 0. The summed E-state index contributed by atoms with van der Waals surface area (Å²) in [6, 6.07) is 5.02. The zero-order valence-corrected chi connectivity index (χ0v) is 11.6. The molecule has 1 fully saturated rings. The van der Waals surface area contributed by atoms with Crippen LogP contribution < -0.4 is 5.32 Å². The molecule has 1 aliphatic rings. The van der Waals surface area contributed by atoms with Gasteiger partial charge in [-0.3, -0.25) is 0 Å². The van der Waals surface area contributed by atoms with E-state index in [1.807, 2.05) is 0 Å². The summed E-state index contributed by atoms with van der Waals surface area (Å²) in [7, 11) is 0. The summed E-state index contributed by atoms with van der Waals surface area (Å²) < 4.78 is 13.1. The largest absolute Gasteiger partial charge is 0.310 e. The third-order valence-corrected chi connectivity index (χ3v) is 4.35. The monoisotopic (exact) mass is 269 g/mol. The Kier molecular flexibility index (Phi) is 5.02.